The molecule has 0 aliphatic carbocycles. The molecule has 1 heterocycles. The third kappa shape index (κ3) is 5.19. The summed E-state index contributed by atoms with van der Waals surface area (Å²) in [7, 11) is 2.08. The van der Waals surface area contributed by atoms with Gasteiger partial charge in [0.1, 0.15) is 12.4 Å². The number of hydrogen-bond acceptors (Lipinski definition) is 3. The number of amides is 1. The van der Waals surface area contributed by atoms with E-state index in [2.05, 4.69) is 11.9 Å². The molecule has 0 unspecified atom stereocenters. The van der Waals surface area contributed by atoms with Gasteiger partial charge in [-0.3, -0.25) is 4.79 Å². The van der Waals surface area contributed by atoms with Crippen molar-refractivity contribution in [3.63, 3.8) is 0 Å². The van der Waals surface area contributed by atoms with E-state index in [1.165, 1.54) is 0 Å². The van der Waals surface area contributed by atoms with Crippen molar-refractivity contribution >= 4 is 12.0 Å². The van der Waals surface area contributed by atoms with Crippen LogP contribution in [0.5, 0.6) is 5.75 Å². The van der Waals surface area contributed by atoms with Crippen LogP contribution in [0, 0.1) is 0 Å². The fourth-order valence-electron chi connectivity index (χ4n) is 2.75. The molecule has 2 aromatic carbocycles. The third-order valence-electron chi connectivity index (χ3n) is 4.34. The van der Waals surface area contributed by atoms with Crippen molar-refractivity contribution in [2.24, 2.45) is 0 Å². The average Bonchev–Trinajstić information content (AvgIpc) is 2.66. The maximum atomic E-state index is 12.3. The number of piperazine rings is 1. The predicted octanol–water partition coefficient (Wildman–Crippen LogP) is 3.05. The van der Waals surface area contributed by atoms with E-state index >= 15 is 0 Å². The van der Waals surface area contributed by atoms with E-state index < -0.39 is 0 Å². The molecule has 0 saturated carbocycles. The summed E-state index contributed by atoms with van der Waals surface area (Å²) in [4.78, 5) is 16.4. The summed E-state index contributed by atoms with van der Waals surface area (Å²) in [6.07, 6.45) is 3.51. The number of nitrogens with zero attached hydrogens (tertiary/aromatic N) is 2. The van der Waals surface area contributed by atoms with Gasteiger partial charge in [-0.1, -0.05) is 42.5 Å². The van der Waals surface area contributed by atoms with Crippen molar-refractivity contribution in [2.75, 3.05) is 33.2 Å². The fraction of sp³-hybridized carbons (Fsp3) is 0.286. The molecular formula is C21H24N2O2. The second kappa shape index (κ2) is 8.49. The second-order valence-corrected chi connectivity index (χ2v) is 6.31. The highest BCUT2D eigenvalue weighted by Crippen LogP contribution is 2.16. The molecule has 0 spiro atoms. The zero-order valence-electron chi connectivity index (χ0n) is 14.6. The molecular weight excluding hydrogens is 312 g/mol. The summed E-state index contributed by atoms with van der Waals surface area (Å²) < 4.78 is 5.83. The van der Waals surface area contributed by atoms with Gasteiger partial charge in [0.25, 0.3) is 0 Å². The molecule has 1 amide bonds. The Balaban J connectivity index is 1.56. The molecule has 4 heteroatoms. The Hall–Kier alpha value is -2.59. The number of hydrogen-bond donors (Lipinski definition) is 0. The topological polar surface area (TPSA) is 32.8 Å². The van der Waals surface area contributed by atoms with Gasteiger partial charge in [-0.25, -0.2) is 0 Å². The molecule has 1 saturated heterocycles. The quantitative estimate of drug-likeness (QED) is 0.787. The van der Waals surface area contributed by atoms with Crippen LogP contribution < -0.4 is 4.74 Å². The molecule has 25 heavy (non-hydrogen) atoms. The first kappa shape index (κ1) is 17.2. The van der Waals surface area contributed by atoms with Crippen LogP contribution in [0.4, 0.5) is 0 Å². The minimum atomic E-state index is 0.0729. The highest BCUT2D eigenvalue weighted by Gasteiger charge is 2.16. The van der Waals surface area contributed by atoms with Gasteiger partial charge in [0, 0.05) is 32.3 Å². The maximum Gasteiger partial charge on any atom is 0.246 e. The standard InChI is InChI=1S/C21H24N2O2/c1-22-12-14-23(15-13-22)21(24)11-10-18-8-5-9-20(16-18)25-17-19-6-3-2-4-7-19/h2-11,16H,12-15,17H2,1H3/b11-10-. The van der Waals surface area contributed by atoms with Crippen LogP contribution >= 0.6 is 0 Å². The molecule has 1 aliphatic rings. The molecule has 0 aromatic heterocycles. The minimum Gasteiger partial charge on any atom is -0.489 e. The molecule has 1 aliphatic heterocycles. The van der Waals surface area contributed by atoms with Gasteiger partial charge in [-0.2, -0.15) is 0 Å². The normalized spacial score (nSPS) is 15.5. The number of rotatable bonds is 5. The van der Waals surface area contributed by atoms with Crippen LogP contribution in [0.3, 0.4) is 0 Å². The number of likely N-dealkylation sites (N-methyl/N-ethyl adjacent to an activating group) is 1. The molecule has 0 atom stereocenters. The zero-order chi connectivity index (χ0) is 17.5. The Kier molecular flexibility index (Phi) is 5.86. The van der Waals surface area contributed by atoms with Crippen LogP contribution in [-0.2, 0) is 11.4 Å². The number of carbonyl (C=O) groups excluding carboxylic acids is 1. The van der Waals surface area contributed by atoms with Gasteiger partial charge < -0.3 is 14.5 Å². The van der Waals surface area contributed by atoms with Crippen molar-refractivity contribution in [1.82, 2.24) is 9.80 Å². The number of carbonyl (C=O) groups is 1. The summed E-state index contributed by atoms with van der Waals surface area (Å²) in [5.41, 5.74) is 2.10. The smallest absolute Gasteiger partial charge is 0.246 e. The lowest BCUT2D eigenvalue weighted by Gasteiger charge is -2.31. The van der Waals surface area contributed by atoms with Crippen molar-refractivity contribution in [3.05, 3.63) is 71.8 Å². The summed E-state index contributed by atoms with van der Waals surface area (Å²) in [6, 6.07) is 17.9. The summed E-state index contributed by atoms with van der Waals surface area (Å²) in [5.74, 6) is 0.877. The average molecular weight is 336 g/mol. The molecule has 3 rings (SSSR count). The Labute approximate surface area is 149 Å². The van der Waals surface area contributed by atoms with E-state index in [4.69, 9.17) is 4.74 Å². The lowest BCUT2D eigenvalue weighted by atomic mass is 10.2. The summed E-state index contributed by atoms with van der Waals surface area (Å²) >= 11 is 0. The third-order valence-corrected chi connectivity index (χ3v) is 4.34. The number of ether oxygens (including phenoxy) is 1. The van der Waals surface area contributed by atoms with Crippen molar-refractivity contribution in [1.29, 1.82) is 0 Å². The Morgan fingerprint density at radius 1 is 1.04 bits per heavy atom. The van der Waals surface area contributed by atoms with E-state index in [1.54, 1.807) is 6.08 Å². The van der Waals surface area contributed by atoms with Crippen LogP contribution in [0.1, 0.15) is 11.1 Å². The van der Waals surface area contributed by atoms with E-state index in [9.17, 15) is 4.79 Å². The van der Waals surface area contributed by atoms with Crippen molar-refractivity contribution in [2.45, 2.75) is 6.61 Å². The van der Waals surface area contributed by atoms with Gasteiger partial charge in [0.15, 0.2) is 0 Å². The highest BCUT2D eigenvalue weighted by molar-refractivity contribution is 5.91. The zero-order valence-corrected chi connectivity index (χ0v) is 14.6. The molecule has 4 nitrogen and oxygen atoms in total. The van der Waals surface area contributed by atoms with Gasteiger partial charge >= 0.3 is 0 Å². The van der Waals surface area contributed by atoms with E-state index in [0.29, 0.717) is 6.61 Å². The first-order valence-corrected chi connectivity index (χ1v) is 8.63. The lowest BCUT2D eigenvalue weighted by Crippen LogP contribution is -2.46. The second-order valence-electron chi connectivity index (χ2n) is 6.31. The highest BCUT2D eigenvalue weighted by atomic mass is 16.5. The summed E-state index contributed by atoms with van der Waals surface area (Å²) in [6.45, 7) is 3.98. The van der Waals surface area contributed by atoms with Gasteiger partial charge in [-0.05, 0) is 36.4 Å². The SMILES string of the molecule is CN1CCN(C(=O)/C=C\c2cccc(OCc3ccccc3)c2)CC1. The Bertz CT molecular complexity index is 720. The lowest BCUT2D eigenvalue weighted by molar-refractivity contribution is -0.127. The van der Waals surface area contributed by atoms with Crippen LogP contribution in [0.15, 0.2) is 60.7 Å². The van der Waals surface area contributed by atoms with Gasteiger partial charge in [0.2, 0.25) is 5.91 Å². The Morgan fingerprint density at radius 3 is 2.56 bits per heavy atom. The van der Waals surface area contributed by atoms with Gasteiger partial charge in [-0.15, -0.1) is 0 Å². The van der Waals surface area contributed by atoms with Crippen LogP contribution in [0.25, 0.3) is 6.08 Å². The maximum absolute atomic E-state index is 12.3. The fourth-order valence-corrected chi connectivity index (χ4v) is 2.75. The monoisotopic (exact) mass is 336 g/mol. The van der Waals surface area contributed by atoms with Crippen molar-refractivity contribution in [3.8, 4) is 5.75 Å². The molecule has 0 radical (unpaired) electrons. The molecule has 0 bridgehead atoms. The first-order valence-electron chi connectivity index (χ1n) is 8.63. The van der Waals surface area contributed by atoms with E-state index in [-0.39, 0.29) is 5.91 Å². The largest absolute Gasteiger partial charge is 0.489 e. The van der Waals surface area contributed by atoms with Crippen LogP contribution in [0.2, 0.25) is 0 Å². The van der Waals surface area contributed by atoms with E-state index in [0.717, 1.165) is 43.1 Å². The summed E-state index contributed by atoms with van der Waals surface area (Å²) in [5, 5.41) is 0. The number of benzene rings is 2. The first-order chi connectivity index (χ1) is 12.2. The molecule has 0 N–H and O–H groups in total. The molecule has 130 valence electrons. The molecule has 2 aromatic rings. The van der Waals surface area contributed by atoms with Crippen molar-refractivity contribution < 1.29 is 9.53 Å². The van der Waals surface area contributed by atoms with Gasteiger partial charge in [0.05, 0.1) is 0 Å². The predicted molar refractivity (Wildman–Crippen MR) is 100 cm³/mol. The Morgan fingerprint density at radius 2 is 1.80 bits per heavy atom. The van der Waals surface area contributed by atoms with Crippen LogP contribution in [-0.4, -0.2) is 48.9 Å². The minimum absolute atomic E-state index is 0.0729. The van der Waals surface area contributed by atoms with E-state index in [1.807, 2.05) is 65.6 Å². The molecule has 1 fully saturated rings.